The average molecular weight is 463 g/mol. The van der Waals surface area contributed by atoms with Crippen LogP contribution in [0, 0.1) is 0 Å². The summed E-state index contributed by atoms with van der Waals surface area (Å²) in [5, 5.41) is 12.3. The highest BCUT2D eigenvalue weighted by molar-refractivity contribution is 5.97. The number of hydrogen-bond acceptors (Lipinski definition) is 7. The van der Waals surface area contributed by atoms with Crippen LogP contribution in [0.5, 0.6) is 11.5 Å². The quantitative estimate of drug-likeness (QED) is 0.502. The van der Waals surface area contributed by atoms with Crippen LogP contribution in [-0.2, 0) is 4.79 Å². The number of amides is 2. The molecule has 176 valence electrons. The van der Waals surface area contributed by atoms with Crippen LogP contribution < -0.4 is 20.6 Å². The maximum atomic E-state index is 12.7. The van der Waals surface area contributed by atoms with Crippen molar-refractivity contribution in [2.24, 2.45) is 0 Å². The van der Waals surface area contributed by atoms with Gasteiger partial charge in [0.25, 0.3) is 5.91 Å². The standard InChI is InChI=1S/C24H25N5O5/c1-34-21-12-16(6-7-20(21)30)23(32)25-15-22(31)29-10-8-28(9-11-29)19-5-3-2-4-18(19)17-13-26-24(33)27-14-17/h2-7,12-14,30H,8-11,15H2,1H3,(H,25,32)(H,26,27,33). The summed E-state index contributed by atoms with van der Waals surface area (Å²) in [5.74, 6) is -0.468. The van der Waals surface area contributed by atoms with E-state index in [0.29, 0.717) is 31.7 Å². The Balaban J connectivity index is 1.34. The van der Waals surface area contributed by atoms with E-state index in [1.54, 1.807) is 17.3 Å². The summed E-state index contributed by atoms with van der Waals surface area (Å²) in [5.41, 5.74) is 2.65. The highest BCUT2D eigenvalue weighted by Gasteiger charge is 2.23. The number of carbonyl (C=O) groups is 2. The smallest absolute Gasteiger partial charge is 0.344 e. The van der Waals surface area contributed by atoms with E-state index >= 15 is 0 Å². The van der Waals surface area contributed by atoms with Crippen molar-refractivity contribution in [2.45, 2.75) is 0 Å². The number of benzene rings is 2. The van der Waals surface area contributed by atoms with Crippen LogP contribution >= 0.6 is 0 Å². The van der Waals surface area contributed by atoms with Crippen LogP contribution in [0.25, 0.3) is 11.1 Å². The zero-order valence-electron chi connectivity index (χ0n) is 18.7. The van der Waals surface area contributed by atoms with Gasteiger partial charge in [0, 0.05) is 61.0 Å². The lowest BCUT2D eigenvalue weighted by molar-refractivity contribution is -0.130. The third kappa shape index (κ3) is 5.01. The third-order valence-corrected chi connectivity index (χ3v) is 5.70. The fraction of sp³-hybridized carbons (Fsp3) is 0.250. The van der Waals surface area contributed by atoms with Crippen LogP contribution in [0.4, 0.5) is 5.69 Å². The number of H-pyrrole nitrogens is 1. The Morgan fingerprint density at radius 2 is 1.91 bits per heavy atom. The molecule has 2 amide bonds. The van der Waals surface area contributed by atoms with Crippen LogP contribution in [0.1, 0.15) is 10.4 Å². The minimum Gasteiger partial charge on any atom is -0.504 e. The van der Waals surface area contributed by atoms with Gasteiger partial charge >= 0.3 is 5.69 Å². The molecule has 1 aliphatic rings. The van der Waals surface area contributed by atoms with Gasteiger partial charge in [0.15, 0.2) is 11.5 Å². The van der Waals surface area contributed by atoms with Crippen molar-refractivity contribution in [2.75, 3.05) is 44.7 Å². The molecule has 10 nitrogen and oxygen atoms in total. The number of piperazine rings is 1. The molecule has 4 rings (SSSR count). The van der Waals surface area contributed by atoms with E-state index in [-0.39, 0.29) is 24.0 Å². The van der Waals surface area contributed by atoms with Crippen LogP contribution in [0.15, 0.2) is 59.7 Å². The first kappa shape index (κ1) is 22.8. The Kier molecular flexibility index (Phi) is 6.77. The zero-order valence-corrected chi connectivity index (χ0v) is 18.7. The molecule has 34 heavy (non-hydrogen) atoms. The fourth-order valence-corrected chi connectivity index (χ4v) is 3.87. The number of phenolic OH excluding ortho intramolecular Hbond substituents is 1. The summed E-state index contributed by atoms with van der Waals surface area (Å²) in [4.78, 5) is 46.7. The lowest BCUT2D eigenvalue weighted by Gasteiger charge is -2.37. The van der Waals surface area contributed by atoms with Gasteiger partial charge in [0.2, 0.25) is 5.91 Å². The Hall–Kier alpha value is -4.34. The molecular formula is C24H25N5O5. The molecule has 10 heteroatoms. The van der Waals surface area contributed by atoms with E-state index in [0.717, 1.165) is 16.8 Å². The molecule has 0 atom stereocenters. The van der Waals surface area contributed by atoms with Crippen LogP contribution in [-0.4, -0.2) is 71.6 Å². The van der Waals surface area contributed by atoms with E-state index in [9.17, 15) is 19.5 Å². The number of aromatic amines is 1. The number of phenols is 1. The van der Waals surface area contributed by atoms with Crippen molar-refractivity contribution in [1.82, 2.24) is 20.2 Å². The second kappa shape index (κ2) is 10.1. The predicted octanol–water partition coefficient (Wildman–Crippen LogP) is 1.23. The molecule has 1 aliphatic heterocycles. The number of carbonyl (C=O) groups excluding carboxylic acids is 2. The summed E-state index contributed by atoms with van der Waals surface area (Å²) < 4.78 is 5.02. The second-order valence-electron chi connectivity index (χ2n) is 7.76. The predicted molar refractivity (Wildman–Crippen MR) is 126 cm³/mol. The summed E-state index contributed by atoms with van der Waals surface area (Å²) in [6, 6.07) is 12.1. The number of rotatable bonds is 6. The van der Waals surface area contributed by atoms with E-state index in [1.807, 2.05) is 24.3 Å². The van der Waals surface area contributed by atoms with Gasteiger partial charge < -0.3 is 29.9 Å². The number of aromatic nitrogens is 2. The molecule has 0 saturated carbocycles. The number of methoxy groups -OCH3 is 1. The first-order valence-corrected chi connectivity index (χ1v) is 10.8. The van der Waals surface area contributed by atoms with Crippen molar-refractivity contribution in [3.63, 3.8) is 0 Å². The molecule has 0 aliphatic carbocycles. The Morgan fingerprint density at radius 1 is 1.15 bits per heavy atom. The third-order valence-electron chi connectivity index (χ3n) is 5.70. The summed E-state index contributed by atoms with van der Waals surface area (Å²) in [6.45, 7) is 2.16. The molecule has 3 aromatic rings. The molecule has 2 heterocycles. The van der Waals surface area contributed by atoms with Gasteiger partial charge in [-0.15, -0.1) is 0 Å². The molecule has 1 saturated heterocycles. The van der Waals surface area contributed by atoms with Crippen LogP contribution in [0.3, 0.4) is 0 Å². The molecule has 0 bridgehead atoms. The van der Waals surface area contributed by atoms with Crippen molar-refractivity contribution in [3.05, 3.63) is 70.9 Å². The molecule has 3 N–H and O–H groups in total. The normalized spacial score (nSPS) is 13.4. The van der Waals surface area contributed by atoms with Gasteiger partial charge in [-0.25, -0.2) is 9.78 Å². The first-order valence-electron chi connectivity index (χ1n) is 10.8. The number of aromatic hydroxyl groups is 1. The molecule has 0 radical (unpaired) electrons. The van der Waals surface area contributed by atoms with Gasteiger partial charge in [-0.2, -0.15) is 0 Å². The van der Waals surface area contributed by atoms with Gasteiger partial charge in [-0.3, -0.25) is 9.59 Å². The molecular weight excluding hydrogens is 438 g/mol. The number of nitrogens with zero attached hydrogens (tertiary/aromatic N) is 3. The van der Waals surface area contributed by atoms with Crippen molar-refractivity contribution in [3.8, 4) is 22.6 Å². The zero-order chi connectivity index (χ0) is 24.1. The Morgan fingerprint density at radius 3 is 2.62 bits per heavy atom. The maximum absolute atomic E-state index is 12.7. The lowest BCUT2D eigenvalue weighted by atomic mass is 10.1. The summed E-state index contributed by atoms with van der Waals surface area (Å²) in [6.07, 6.45) is 3.18. The number of para-hydroxylation sites is 1. The Bertz CT molecular complexity index is 1230. The molecule has 1 aromatic heterocycles. The average Bonchev–Trinajstić information content (AvgIpc) is 2.88. The highest BCUT2D eigenvalue weighted by Crippen LogP contribution is 2.30. The monoisotopic (exact) mass is 463 g/mol. The summed E-state index contributed by atoms with van der Waals surface area (Å²) in [7, 11) is 1.40. The van der Waals surface area contributed by atoms with Gasteiger partial charge in [0.05, 0.1) is 13.7 Å². The fourth-order valence-electron chi connectivity index (χ4n) is 3.87. The minimum atomic E-state index is -0.422. The van der Waals surface area contributed by atoms with E-state index in [1.165, 1.54) is 25.3 Å². The summed E-state index contributed by atoms with van der Waals surface area (Å²) >= 11 is 0. The largest absolute Gasteiger partial charge is 0.504 e. The highest BCUT2D eigenvalue weighted by atomic mass is 16.5. The molecule has 0 unspecified atom stereocenters. The Labute approximate surface area is 195 Å². The van der Waals surface area contributed by atoms with Crippen molar-refractivity contribution < 1.29 is 19.4 Å². The first-order chi connectivity index (χ1) is 16.5. The number of hydrogen-bond donors (Lipinski definition) is 3. The van der Waals surface area contributed by atoms with E-state index in [4.69, 9.17) is 4.74 Å². The lowest BCUT2D eigenvalue weighted by Crippen LogP contribution is -2.51. The molecule has 1 fully saturated rings. The van der Waals surface area contributed by atoms with Gasteiger partial charge in [-0.05, 0) is 24.3 Å². The minimum absolute atomic E-state index is 0.0635. The van der Waals surface area contributed by atoms with E-state index < -0.39 is 11.6 Å². The second-order valence-corrected chi connectivity index (χ2v) is 7.76. The van der Waals surface area contributed by atoms with Gasteiger partial charge in [-0.1, -0.05) is 18.2 Å². The SMILES string of the molecule is COc1cc(C(=O)NCC(=O)N2CCN(c3ccccc3-c3cnc(=O)[nH]c3)CC2)ccc1O. The number of ether oxygens (including phenoxy) is 1. The molecule has 0 spiro atoms. The van der Waals surface area contributed by atoms with Gasteiger partial charge in [0.1, 0.15) is 0 Å². The van der Waals surface area contributed by atoms with E-state index in [2.05, 4.69) is 20.2 Å². The molecule has 2 aromatic carbocycles. The van der Waals surface area contributed by atoms with Crippen molar-refractivity contribution >= 4 is 17.5 Å². The number of anilines is 1. The topological polar surface area (TPSA) is 128 Å². The van der Waals surface area contributed by atoms with Crippen LogP contribution in [0.2, 0.25) is 0 Å². The maximum Gasteiger partial charge on any atom is 0.344 e. The number of nitrogens with one attached hydrogen (secondary N) is 2. The van der Waals surface area contributed by atoms with Crippen molar-refractivity contribution in [1.29, 1.82) is 0 Å².